The van der Waals surface area contributed by atoms with Crippen LogP contribution in [0, 0.1) is 5.92 Å². The van der Waals surface area contributed by atoms with Crippen molar-refractivity contribution in [3.8, 4) is 0 Å². The molecule has 0 aromatic heterocycles. The number of hydrogen-bond donors (Lipinski definition) is 0. The largest absolute Gasteiger partial charge is 0.342 e. The molecule has 118 valence electrons. The maximum atomic E-state index is 11.2. The fraction of sp³-hybridized carbons (Fsp3) is 0.529. The van der Waals surface area contributed by atoms with E-state index in [1.165, 1.54) is 5.57 Å². The van der Waals surface area contributed by atoms with E-state index in [0.29, 0.717) is 24.8 Å². The van der Waals surface area contributed by atoms with Gasteiger partial charge in [-0.3, -0.25) is 9.59 Å². The molecule has 1 saturated heterocycles. The van der Waals surface area contributed by atoms with Crippen LogP contribution in [0.5, 0.6) is 0 Å². The van der Waals surface area contributed by atoms with Gasteiger partial charge in [0, 0.05) is 25.4 Å². The van der Waals surface area contributed by atoms with Gasteiger partial charge in [-0.2, -0.15) is 0 Å². The van der Waals surface area contributed by atoms with Crippen molar-refractivity contribution >= 4 is 27.6 Å². The number of halogens is 1. The van der Waals surface area contributed by atoms with E-state index in [4.69, 9.17) is 0 Å². The number of carbonyl (C=O) groups is 2. The molecule has 0 bridgehead atoms. The van der Waals surface area contributed by atoms with Crippen LogP contribution in [-0.4, -0.2) is 35.0 Å². The van der Waals surface area contributed by atoms with Gasteiger partial charge in [-0.25, -0.2) is 0 Å². The summed E-state index contributed by atoms with van der Waals surface area (Å²) in [5, 5.41) is 0.364. The molecule has 1 rings (SSSR count). The van der Waals surface area contributed by atoms with Gasteiger partial charge in [-0.05, 0) is 27.2 Å². The molecule has 0 aromatic carbocycles. The first-order chi connectivity index (χ1) is 9.99. The van der Waals surface area contributed by atoms with Gasteiger partial charge in [-0.1, -0.05) is 52.4 Å². The molecule has 1 aliphatic heterocycles. The molecule has 1 unspecified atom stereocenters. The zero-order valence-electron chi connectivity index (χ0n) is 13.3. The van der Waals surface area contributed by atoms with Crippen LogP contribution < -0.4 is 0 Å². The number of hydrogen-bond acceptors (Lipinski definition) is 2. The molecule has 4 heteroatoms. The maximum Gasteiger partial charge on any atom is 0.223 e. The summed E-state index contributed by atoms with van der Waals surface area (Å²) in [5.41, 5.74) is 1.40. The summed E-state index contributed by atoms with van der Waals surface area (Å²) in [6.07, 6.45) is 9.42. The van der Waals surface area contributed by atoms with Crippen molar-refractivity contribution < 1.29 is 9.59 Å². The third kappa shape index (κ3) is 8.00. The molecule has 0 aliphatic carbocycles. The monoisotopic (exact) mass is 355 g/mol. The number of rotatable bonds is 6. The molecule has 21 heavy (non-hydrogen) atoms. The lowest BCUT2D eigenvalue weighted by atomic mass is 10.1. The molecule has 0 radical (unpaired) electrons. The Hall–Kier alpha value is -1.16. The Morgan fingerprint density at radius 3 is 2.62 bits per heavy atom. The lowest BCUT2D eigenvalue weighted by Crippen LogP contribution is -2.25. The quantitative estimate of drug-likeness (QED) is 0.411. The van der Waals surface area contributed by atoms with Gasteiger partial charge in [0.15, 0.2) is 0 Å². The summed E-state index contributed by atoms with van der Waals surface area (Å²) in [6, 6.07) is 0. The van der Waals surface area contributed by atoms with E-state index in [0.717, 1.165) is 6.42 Å². The number of likely N-dealkylation sites (tertiary alicyclic amines) is 1. The summed E-state index contributed by atoms with van der Waals surface area (Å²) >= 11 is 3.11. The van der Waals surface area contributed by atoms with Crippen molar-refractivity contribution in [2.24, 2.45) is 5.92 Å². The number of carbonyl (C=O) groups excluding carboxylic acids is 2. The average Bonchev–Trinajstić information content (AvgIpc) is 2.88. The SMILES string of the molecule is C=CC=CC/C(C)=C\C.CCN1CC(C(=O)CBr)CC1=O. The zero-order chi connectivity index (χ0) is 16.3. The number of amides is 1. The van der Waals surface area contributed by atoms with Gasteiger partial charge in [0.05, 0.1) is 5.33 Å². The third-order valence-corrected chi connectivity index (χ3v) is 3.94. The Morgan fingerprint density at radius 2 is 2.19 bits per heavy atom. The maximum absolute atomic E-state index is 11.2. The van der Waals surface area contributed by atoms with Crippen LogP contribution in [-0.2, 0) is 9.59 Å². The van der Waals surface area contributed by atoms with E-state index < -0.39 is 0 Å². The van der Waals surface area contributed by atoms with E-state index in [-0.39, 0.29) is 17.6 Å². The van der Waals surface area contributed by atoms with Crippen LogP contribution in [0.1, 0.15) is 33.6 Å². The highest BCUT2D eigenvalue weighted by Gasteiger charge is 2.32. The second-order valence-corrected chi connectivity index (χ2v) is 5.50. The number of allylic oxidation sites excluding steroid dienone is 5. The standard InChI is InChI=1S/C9H14.C8H12BrNO2/c1-4-6-7-8-9(3)5-2;1-2-10-5-6(3-8(10)12)7(11)4-9/h4-7H,1,8H2,2-3H3;6H,2-5H2,1H3/b7-6?,9-5-;. The first-order valence-electron chi connectivity index (χ1n) is 7.25. The highest BCUT2D eigenvalue weighted by molar-refractivity contribution is 9.09. The van der Waals surface area contributed by atoms with Gasteiger partial charge < -0.3 is 4.90 Å². The van der Waals surface area contributed by atoms with Crippen molar-refractivity contribution in [2.75, 3.05) is 18.4 Å². The topological polar surface area (TPSA) is 37.4 Å². The zero-order valence-corrected chi connectivity index (χ0v) is 14.9. The van der Waals surface area contributed by atoms with Crippen LogP contribution >= 0.6 is 15.9 Å². The Labute approximate surface area is 136 Å². The van der Waals surface area contributed by atoms with Gasteiger partial charge in [0.25, 0.3) is 0 Å². The molecular weight excluding hydrogens is 330 g/mol. The Kier molecular flexibility index (Phi) is 10.9. The summed E-state index contributed by atoms with van der Waals surface area (Å²) in [6.45, 7) is 11.0. The van der Waals surface area contributed by atoms with Crippen LogP contribution in [0.25, 0.3) is 0 Å². The highest BCUT2D eigenvalue weighted by atomic mass is 79.9. The molecular formula is C17H26BrNO2. The number of alkyl halides is 1. The van der Waals surface area contributed by atoms with Crippen molar-refractivity contribution in [1.29, 1.82) is 0 Å². The fourth-order valence-electron chi connectivity index (χ4n) is 1.87. The third-order valence-electron chi connectivity index (χ3n) is 3.39. The minimum atomic E-state index is -0.0724. The summed E-state index contributed by atoms with van der Waals surface area (Å²) in [7, 11) is 0. The molecule has 0 spiro atoms. The fourth-order valence-corrected chi connectivity index (χ4v) is 2.33. The predicted molar refractivity (Wildman–Crippen MR) is 92.5 cm³/mol. The molecule has 1 fully saturated rings. The van der Waals surface area contributed by atoms with Crippen molar-refractivity contribution in [3.63, 3.8) is 0 Å². The van der Waals surface area contributed by atoms with Crippen molar-refractivity contribution in [2.45, 2.75) is 33.6 Å². The Bertz CT molecular complexity index is 411. The second-order valence-electron chi connectivity index (χ2n) is 4.94. The molecule has 3 nitrogen and oxygen atoms in total. The molecule has 1 amide bonds. The second kappa shape index (κ2) is 11.5. The Morgan fingerprint density at radius 1 is 1.52 bits per heavy atom. The van der Waals surface area contributed by atoms with E-state index in [9.17, 15) is 9.59 Å². The molecule has 1 aliphatic rings. The van der Waals surface area contributed by atoms with E-state index in [2.05, 4.69) is 48.5 Å². The molecule has 1 atom stereocenters. The van der Waals surface area contributed by atoms with Crippen molar-refractivity contribution in [3.05, 3.63) is 36.5 Å². The molecule has 0 saturated carbocycles. The van der Waals surface area contributed by atoms with Gasteiger partial charge in [-0.15, -0.1) is 0 Å². The van der Waals surface area contributed by atoms with E-state index >= 15 is 0 Å². The lowest BCUT2D eigenvalue weighted by Gasteiger charge is -2.12. The average molecular weight is 356 g/mol. The van der Waals surface area contributed by atoms with Crippen LogP contribution in [0.2, 0.25) is 0 Å². The summed E-state index contributed by atoms with van der Waals surface area (Å²) in [4.78, 5) is 24.1. The minimum absolute atomic E-state index is 0.0724. The van der Waals surface area contributed by atoms with Crippen LogP contribution in [0.15, 0.2) is 36.5 Å². The van der Waals surface area contributed by atoms with Gasteiger partial charge in [0.2, 0.25) is 5.91 Å². The lowest BCUT2D eigenvalue weighted by molar-refractivity contribution is -0.128. The van der Waals surface area contributed by atoms with Gasteiger partial charge >= 0.3 is 0 Å². The highest BCUT2D eigenvalue weighted by Crippen LogP contribution is 2.18. The van der Waals surface area contributed by atoms with Crippen LogP contribution in [0.4, 0.5) is 0 Å². The normalized spacial score (nSPS) is 18.7. The van der Waals surface area contributed by atoms with Gasteiger partial charge in [0.1, 0.15) is 5.78 Å². The molecule has 0 aromatic rings. The number of nitrogens with zero attached hydrogens (tertiary/aromatic N) is 1. The van der Waals surface area contributed by atoms with E-state index in [1.54, 1.807) is 11.0 Å². The van der Waals surface area contributed by atoms with Crippen molar-refractivity contribution in [1.82, 2.24) is 4.90 Å². The Balaban J connectivity index is 0.000000400. The molecule has 0 N–H and O–H groups in total. The van der Waals surface area contributed by atoms with E-state index in [1.807, 2.05) is 13.0 Å². The predicted octanol–water partition coefficient (Wildman–Crippen LogP) is 3.90. The smallest absolute Gasteiger partial charge is 0.223 e. The minimum Gasteiger partial charge on any atom is -0.342 e. The number of Topliss-reactive ketones (excluding diaryl/α,β-unsaturated/α-hetero) is 1. The first-order valence-corrected chi connectivity index (χ1v) is 8.38. The number of ketones is 1. The first kappa shape index (κ1) is 19.8. The molecule has 1 heterocycles. The summed E-state index contributed by atoms with van der Waals surface area (Å²) in [5.74, 6) is 0.174. The van der Waals surface area contributed by atoms with Crippen LogP contribution in [0.3, 0.4) is 0 Å². The summed E-state index contributed by atoms with van der Waals surface area (Å²) < 4.78 is 0.